The zero-order valence-electron chi connectivity index (χ0n) is 14.4. The molecule has 0 aliphatic carbocycles. The summed E-state index contributed by atoms with van der Waals surface area (Å²) in [4.78, 5) is 26.0. The molecule has 2 aromatic carbocycles. The molecule has 1 aliphatic heterocycles. The fraction of sp³-hybridized carbons (Fsp3) is 0.263. The van der Waals surface area contributed by atoms with Crippen LogP contribution in [-0.2, 0) is 4.79 Å². The fourth-order valence-electron chi connectivity index (χ4n) is 2.66. The van der Waals surface area contributed by atoms with Crippen molar-refractivity contribution in [3.8, 4) is 11.5 Å². The highest BCUT2D eigenvalue weighted by molar-refractivity contribution is 6.05. The number of benzene rings is 2. The Bertz CT molecular complexity index is 802. The lowest BCUT2D eigenvalue weighted by molar-refractivity contribution is -0.125. The second kappa shape index (κ2) is 6.84. The van der Waals surface area contributed by atoms with E-state index in [9.17, 15) is 9.59 Å². The standard InChI is InChI=1S/C19H20N2O4/c1-4-24-15-8-5-13(6-9-15)18(22)20-14-7-10-17-16(11-14)21(3)19(23)12(2)25-17/h5-12H,4H2,1-3H3,(H,20,22)/t12-/m1/s1. The minimum atomic E-state index is -0.512. The molecular weight excluding hydrogens is 320 g/mol. The van der Waals surface area contributed by atoms with Crippen molar-refractivity contribution in [1.82, 2.24) is 0 Å². The van der Waals surface area contributed by atoms with Crippen molar-refractivity contribution >= 4 is 23.2 Å². The molecule has 0 unspecified atom stereocenters. The molecule has 1 N–H and O–H groups in total. The Hall–Kier alpha value is -3.02. The van der Waals surface area contributed by atoms with Crippen molar-refractivity contribution in [3.63, 3.8) is 0 Å². The number of rotatable bonds is 4. The fourth-order valence-corrected chi connectivity index (χ4v) is 2.66. The maximum absolute atomic E-state index is 12.4. The summed E-state index contributed by atoms with van der Waals surface area (Å²) in [6.45, 7) is 4.19. The summed E-state index contributed by atoms with van der Waals surface area (Å²) >= 11 is 0. The van der Waals surface area contributed by atoms with E-state index in [2.05, 4.69) is 5.32 Å². The molecule has 2 aromatic rings. The number of carbonyl (C=O) groups excluding carboxylic acids is 2. The lowest BCUT2D eigenvalue weighted by Crippen LogP contribution is -2.41. The van der Waals surface area contributed by atoms with Gasteiger partial charge in [0, 0.05) is 18.3 Å². The van der Waals surface area contributed by atoms with E-state index in [1.165, 1.54) is 4.90 Å². The molecule has 0 bridgehead atoms. The molecule has 6 heteroatoms. The third-order valence-corrected chi connectivity index (χ3v) is 3.99. The SMILES string of the molecule is CCOc1ccc(C(=O)Nc2ccc3c(c2)N(C)C(=O)[C@@H](C)O3)cc1. The lowest BCUT2D eigenvalue weighted by Gasteiger charge is -2.30. The van der Waals surface area contributed by atoms with Crippen LogP contribution >= 0.6 is 0 Å². The van der Waals surface area contributed by atoms with Gasteiger partial charge < -0.3 is 19.7 Å². The van der Waals surface area contributed by atoms with Crippen LogP contribution in [0.2, 0.25) is 0 Å². The molecule has 1 atom stereocenters. The number of fused-ring (bicyclic) bond motifs is 1. The normalized spacial score (nSPS) is 16.0. The van der Waals surface area contributed by atoms with Crippen molar-refractivity contribution in [3.05, 3.63) is 48.0 Å². The number of anilines is 2. The Balaban J connectivity index is 1.77. The number of amides is 2. The molecule has 0 spiro atoms. The van der Waals surface area contributed by atoms with Crippen LogP contribution in [-0.4, -0.2) is 31.6 Å². The van der Waals surface area contributed by atoms with Crippen molar-refractivity contribution in [2.45, 2.75) is 20.0 Å². The van der Waals surface area contributed by atoms with Crippen molar-refractivity contribution in [2.75, 3.05) is 23.9 Å². The molecular formula is C19H20N2O4. The highest BCUT2D eigenvalue weighted by atomic mass is 16.5. The average molecular weight is 340 g/mol. The molecule has 0 radical (unpaired) electrons. The predicted molar refractivity (Wildman–Crippen MR) is 95.5 cm³/mol. The molecule has 0 aromatic heterocycles. The molecule has 0 saturated carbocycles. The Morgan fingerprint density at radius 2 is 1.96 bits per heavy atom. The first-order chi connectivity index (χ1) is 12.0. The molecule has 1 aliphatic rings. The number of nitrogens with one attached hydrogen (secondary N) is 1. The van der Waals surface area contributed by atoms with Crippen LogP contribution in [0.25, 0.3) is 0 Å². The quantitative estimate of drug-likeness (QED) is 0.929. The highest BCUT2D eigenvalue weighted by Gasteiger charge is 2.29. The summed E-state index contributed by atoms with van der Waals surface area (Å²) in [7, 11) is 1.69. The number of likely N-dealkylation sites (N-methyl/N-ethyl adjacent to an activating group) is 1. The molecule has 3 rings (SSSR count). The predicted octanol–water partition coefficient (Wildman–Crippen LogP) is 3.08. The minimum absolute atomic E-state index is 0.123. The van der Waals surface area contributed by atoms with Crippen molar-refractivity contribution < 1.29 is 19.1 Å². The Morgan fingerprint density at radius 1 is 1.24 bits per heavy atom. The first kappa shape index (κ1) is 16.8. The molecule has 0 fully saturated rings. The average Bonchev–Trinajstić information content (AvgIpc) is 2.61. The summed E-state index contributed by atoms with van der Waals surface area (Å²) in [6, 6.07) is 12.2. The molecule has 2 amide bonds. The molecule has 6 nitrogen and oxygen atoms in total. The van der Waals surface area contributed by atoms with Gasteiger partial charge in [-0.1, -0.05) is 0 Å². The number of hydrogen-bond donors (Lipinski definition) is 1. The number of carbonyl (C=O) groups is 2. The largest absolute Gasteiger partial charge is 0.494 e. The van der Waals surface area contributed by atoms with Gasteiger partial charge in [-0.15, -0.1) is 0 Å². The van der Waals surface area contributed by atoms with Crippen LogP contribution in [0.15, 0.2) is 42.5 Å². The van der Waals surface area contributed by atoms with Crippen LogP contribution < -0.4 is 19.7 Å². The zero-order valence-corrected chi connectivity index (χ0v) is 14.4. The van der Waals surface area contributed by atoms with Gasteiger partial charge in [0.1, 0.15) is 11.5 Å². The van der Waals surface area contributed by atoms with Crippen molar-refractivity contribution in [2.24, 2.45) is 0 Å². The van der Waals surface area contributed by atoms with Gasteiger partial charge in [0.25, 0.3) is 11.8 Å². The summed E-state index contributed by atoms with van der Waals surface area (Å²) in [5.41, 5.74) is 1.75. The summed E-state index contributed by atoms with van der Waals surface area (Å²) in [6.07, 6.45) is -0.512. The second-order valence-electron chi connectivity index (χ2n) is 5.75. The monoisotopic (exact) mass is 340 g/mol. The van der Waals surface area contributed by atoms with E-state index >= 15 is 0 Å². The zero-order chi connectivity index (χ0) is 18.0. The highest BCUT2D eigenvalue weighted by Crippen LogP contribution is 2.35. The number of hydrogen-bond acceptors (Lipinski definition) is 4. The lowest BCUT2D eigenvalue weighted by atomic mass is 10.1. The maximum Gasteiger partial charge on any atom is 0.267 e. The van der Waals surface area contributed by atoms with Crippen LogP contribution in [0.3, 0.4) is 0 Å². The summed E-state index contributed by atoms with van der Waals surface area (Å²) in [5, 5.41) is 2.83. The molecule has 1 heterocycles. The summed E-state index contributed by atoms with van der Waals surface area (Å²) < 4.78 is 10.9. The van der Waals surface area contributed by atoms with Crippen LogP contribution in [0, 0.1) is 0 Å². The van der Waals surface area contributed by atoms with E-state index in [4.69, 9.17) is 9.47 Å². The third-order valence-electron chi connectivity index (χ3n) is 3.99. The number of ether oxygens (including phenoxy) is 2. The Labute approximate surface area is 146 Å². The van der Waals surface area contributed by atoms with E-state index in [0.29, 0.717) is 29.3 Å². The van der Waals surface area contributed by atoms with E-state index in [0.717, 1.165) is 5.75 Å². The van der Waals surface area contributed by atoms with Gasteiger partial charge in [-0.25, -0.2) is 0 Å². The van der Waals surface area contributed by atoms with Gasteiger partial charge in [-0.2, -0.15) is 0 Å². The van der Waals surface area contributed by atoms with Gasteiger partial charge >= 0.3 is 0 Å². The van der Waals surface area contributed by atoms with Gasteiger partial charge in [0.15, 0.2) is 6.10 Å². The van der Waals surface area contributed by atoms with E-state index in [1.54, 1.807) is 56.4 Å². The first-order valence-corrected chi connectivity index (χ1v) is 8.12. The van der Waals surface area contributed by atoms with E-state index < -0.39 is 6.10 Å². The van der Waals surface area contributed by atoms with Crippen LogP contribution in [0.4, 0.5) is 11.4 Å². The van der Waals surface area contributed by atoms with Gasteiger partial charge in [-0.3, -0.25) is 9.59 Å². The topological polar surface area (TPSA) is 67.9 Å². The van der Waals surface area contributed by atoms with Crippen LogP contribution in [0.5, 0.6) is 11.5 Å². The maximum atomic E-state index is 12.4. The van der Waals surface area contributed by atoms with Gasteiger partial charge in [-0.05, 0) is 56.3 Å². The third kappa shape index (κ3) is 3.42. The molecule has 130 valence electrons. The Morgan fingerprint density at radius 3 is 2.64 bits per heavy atom. The smallest absolute Gasteiger partial charge is 0.267 e. The van der Waals surface area contributed by atoms with Gasteiger partial charge in [0.05, 0.1) is 12.3 Å². The minimum Gasteiger partial charge on any atom is -0.494 e. The van der Waals surface area contributed by atoms with Crippen molar-refractivity contribution in [1.29, 1.82) is 0 Å². The first-order valence-electron chi connectivity index (χ1n) is 8.12. The Kier molecular flexibility index (Phi) is 4.61. The van der Waals surface area contributed by atoms with Gasteiger partial charge in [0.2, 0.25) is 0 Å². The van der Waals surface area contributed by atoms with Crippen LogP contribution in [0.1, 0.15) is 24.2 Å². The van der Waals surface area contributed by atoms with E-state index in [1.807, 2.05) is 6.92 Å². The number of nitrogens with zero attached hydrogens (tertiary/aromatic N) is 1. The second-order valence-corrected chi connectivity index (χ2v) is 5.75. The molecule has 25 heavy (non-hydrogen) atoms. The summed E-state index contributed by atoms with van der Waals surface area (Å²) in [5.74, 6) is 0.984. The molecule has 0 saturated heterocycles. The van der Waals surface area contributed by atoms with E-state index in [-0.39, 0.29) is 11.8 Å².